The molecule has 0 aliphatic rings. The van der Waals surface area contributed by atoms with Gasteiger partial charge in [0, 0.05) is 34.0 Å². The average molecular weight is 706 g/mol. The monoisotopic (exact) mass is 705 g/mol. The minimum Gasteiger partial charge on any atom is -0.434 e. The first-order valence-corrected chi connectivity index (χ1v) is 18.1. The van der Waals surface area contributed by atoms with Crippen LogP contribution in [0, 0.1) is 0 Å². The molecule has 6 heteroatoms. The van der Waals surface area contributed by atoms with Gasteiger partial charge in [0.25, 0.3) is 0 Å². The zero-order valence-electron chi connectivity index (χ0n) is 29.5. The molecule has 6 nitrogen and oxygen atoms in total. The lowest BCUT2D eigenvalue weighted by molar-refractivity contribution is 0.652. The molecule has 4 aromatic heterocycles. The van der Waals surface area contributed by atoms with Gasteiger partial charge in [-0.15, -0.1) is 0 Å². The van der Waals surface area contributed by atoms with Gasteiger partial charge in [-0.05, 0) is 46.0 Å². The molecular formula is C49H31N5O. The van der Waals surface area contributed by atoms with Crippen molar-refractivity contribution in [2.75, 3.05) is 0 Å². The molecule has 0 saturated heterocycles. The van der Waals surface area contributed by atoms with E-state index in [-0.39, 0.29) is 0 Å². The highest BCUT2D eigenvalue weighted by atomic mass is 16.3. The normalized spacial score (nSPS) is 11.3. The summed E-state index contributed by atoms with van der Waals surface area (Å²) in [6.45, 7) is 0. The standard InChI is InChI=1S/C49H31N5O/c1-4-11-32(12-5-1)34-19-21-35(22-20-34)43-29-44(54-48(53-43)38-15-8-3-9-16-38)36-23-25-37(26-24-36)45-47-46(52-31-51-45)42-28-41(30-50-49(42)55-47)40-18-10-17-39(27-40)33-13-6-2-7-14-33/h1-31H. The van der Waals surface area contributed by atoms with E-state index in [1.165, 1.54) is 11.1 Å². The van der Waals surface area contributed by atoms with E-state index in [9.17, 15) is 0 Å². The Hall–Kier alpha value is -7.57. The molecule has 4 heterocycles. The van der Waals surface area contributed by atoms with Crippen LogP contribution >= 0.6 is 0 Å². The van der Waals surface area contributed by atoms with Crippen molar-refractivity contribution in [1.29, 1.82) is 0 Å². The Morgan fingerprint density at radius 1 is 0.364 bits per heavy atom. The van der Waals surface area contributed by atoms with Gasteiger partial charge < -0.3 is 4.42 Å². The number of nitrogens with zero attached hydrogens (tertiary/aromatic N) is 5. The summed E-state index contributed by atoms with van der Waals surface area (Å²) in [6, 6.07) is 60.3. The summed E-state index contributed by atoms with van der Waals surface area (Å²) in [5.74, 6) is 0.669. The molecule has 0 N–H and O–H groups in total. The lowest BCUT2D eigenvalue weighted by Crippen LogP contribution is -1.96. The molecule has 0 radical (unpaired) electrons. The summed E-state index contributed by atoms with van der Waals surface area (Å²) in [5, 5.41) is 0.844. The summed E-state index contributed by atoms with van der Waals surface area (Å²) in [6.07, 6.45) is 3.45. The fourth-order valence-corrected chi connectivity index (χ4v) is 7.06. The minimum absolute atomic E-state index is 0.523. The lowest BCUT2D eigenvalue weighted by Gasteiger charge is -2.10. The third-order valence-electron chi connectivity index (χ3n) is 9.91. The van der Waals surface area contributed by atoms with Crippen LogP contribution < -0.4 is 0 Å². The van der Waals surface area contributed by atoms with Crippen LogP contribution in [-0.2, 0) is 0 Å². The number of hydrogen-bond donors (Lipinski definition) is 0. The molecular weight excluding hydrogens is 675 g/mol. The topological polar surface area (TPSA) is 77.6 Å². The van der Waals surface area contributed by atoms with E-state index in [2.05, 4.69) is 143 Å². The average Bonchev–Trinajstić information content (AvgIpc) is 3.66. The van der Waals surface area contributed by atoms with Crippen molar-refractivity contribution >= 4 is 22.2 Å². The van der Waals surface area contributed by atoms with Crippen LogP contribution in [0.4, 0.5) is 0 Å². The second-order valence-corrected chi connectivity index (χ2v) is 13.4. The van der Waals surface area contributed by atoms with Crippen LogP contribution in [0.25, 0.3) is 101 Å². The number of fused-ring (bicyclic) bond motifs is 3. The molecule has 0 saturated carbocycles. The third kappa shape index (κ3) is 6.22. The van der Waals surface area contributed by atoms with E-state index in [4.69, 9.17) is 19.4 Å². The van der Waals surface area contributed by atoms with Gasteiger partial charge in [0.1, 0.15) is 17.5 Å². The second kappa shape index (κ2) is 13.8. The fraction of sp³-hybridized carbons (Fsp3) is 0. The second-order valence-electron chi connectivity index (χ2n) is 13.4. The van der Waals surface area contributed by atoms with Crippen LogP contribution in [0.15, 0.2) is 193 Å². The predicted octanol–water partition coefficient (Wildman–Crippen LogP) is 12.2. The van der Waals surface area contributed by atoms with E-state index in [0.29, 0.717) is 22.8 Å². The van der Waals surface area contributed by atoms with Crippen molar-refractivity contribution in [2.24, 2.45) is 0 Å². The maximum atomic E-state index is 6.35. The molecule has 0 bridgehead atoms. The Balaban J connectivity index is 0.998. The van der Waals surface area contributed by atoms with Crippen LogP contribution in [-0.4, -0.2) is 24.9 Å². The summed E-state index contributed by atoms with van der Waals surface area (Å²) < 4.78 is 6.35. The summed E-state index contributed by atoms with van der Waals surface area (Å²) in [7, 11) is 0. The maximum absolute atomic E-state index is 6.35. The molecule has 10 aromatic rings. The van der Waals surface area contributed by atoms with E-state index in [1.54, 1.807) is 6.33 Å². The Morgan fingerprint density at radius 3 is 1.51 bits per heavy atom. The smallest absolute Gasteiger partial charge is 0.229 e. The molecule has 0 spiro atoms. The first-order valence-electron chi connectivity index (χ1n) is 18.1. The Bertz CT molecular complexity index is 2940. The summed E-state index contributed by atoms with van der Waals surface area (Å²) in [4.78, 5) is 24.1. The van der Waals surface area contributed by atoms with Gasteiger partial charge in [-0.25, -0.2) is 24.9 Å². The SMILES string of the molecule is c1ccc(-c2ccc(-c3cc(-c4ccc(-c5ncnc6c5oc5ncc(-c7cccc(-c8ccccc8)c7)cc56)cc4)nc(-c4ccccc4)n3)cc2)cc1. The Morgan fingerprint density at radius 2 is 0.873 bits per heavy atom. The molecule has 0 atom stereocenters. The summed E-state index contributed by atoms with van der Waals surface area (Å²) in [5.41, 5.74) is 14.8. The molecule has 55 heavy (non-hydrogen) atoms. The predicted molar refractivity (Wildman–Crippen MR) is 221 cm³/mol. The highest BCUT2D eigenvalue weighted by Crippen LogP contribution is 2.36. The minimum atomic E-state index is 0.523. The zero-order chi connectivity index (χ0) is 36.6. The number of pyridine rings is 1. The van der Waals surface area contributed by atoms with Gasteiger partial charge in [-0.2, -0.15) is 0 Å². The maximum Gasteiger partial charge on any atom is 0.229 e. The number of benzene rings is 6. The third-order valence-corrected chi connectivity index (χ3v) is 9.91. The van der Waals surface area contributed by atoms with E-state index in [1.807, 2.05) is 48.7 Å². The molecule has 0 aliphatic carbocycles. The van der Waals surface area contributed by atoms with E-state index < -0.39 is 0 Å². The molecule has 258 valence electrons. The van der Waals surface area contributed by atoms with Gasteiger partial charge in [0.15, 0.2) is 11.4 Å². The van der Waals surface area contributed by atoms with Crippen LogP contribution in [0.3, 0.4) is 0 Å². The van der Waals surface area contributed by atoms with Crippen molar-refractivity contribution in [3.63, 3.8) is 0 Å². The van der Waals surface area contributed by atoms with Gasteiger partial charge >= 0.3 is 0 Å². The lowest BCUT2D eigenvalue weighted by atomic mass is 9.99. The van der Waals surface area contributed by atoms with E-state index in [0.717, 1.165) is 66.8 Å². The van der Waals surface area contributed by atoms with Crippen molar-refractivity contribution in [3.8, 4) is 78.5 Å². The van der Waals surface area contributed by atoms with Crippen molar-refractivity contribution in [3.05, 3.63) is 188 Å². The number of hydrogen-bond acceptors (Lipinski definition) is 6. The molecule has 6 aromatic carbocycles. The van der Waals surface area contributed by atoms with Crippen LogP contribution in [0.1, 0.15) is 0 Å². The van der Waals surface area contributed by atoms with Gasteiger partial charge in [-0.1, -0.05) is 158 Å². The molecule has 10 rings (SSSR count). The van der Waals surface area contributed by atoms with Crippen molar-refractivity contribution in [1.82, 2.24) is 24.9 Å². The highest BCUT2D eigenvalue weighted by Gasteiger charge is 2.18. The van der Waals surface area contributed by atoms with E-state index >= 15 is 0 Å². The molecule has 0 fully saturated rings. The first-order chi connectivity index (χ1) is 27.2. The van der Waals surface area contributed by atoms with Crippen LogP contribution in [0.2, 0.25) is 0 Å². The van der Waals surface area contributed by atoms with Crippen molar-refractivity contribution < 1.29 is 4.42 Å². The number of aromatic nitrogens is 5. The first kappa shape index (κ1) is 32.1. The zero-order valence-corrected chi connectivity index (χ0v) is 29.5. The fourth-order valence-electron chi connectivity index (χ4n) is 7.06. The quantitative estimate of drug-likeness (QED) is 0.164. The van der Waals surface area contributed by atoms with Crippen molar-refractivity contribution in [2.45, 2.75) is 0 Å². The Labute approximate surface area is 317 Å². The molecule has 0 aliphatic heterocycles. The molecule has 0 amide bonds. The Kier molecular flexibility index (Phi) is 8.04. The van der Waals surface area contributed by atoms with Crippen LogP contribution in [0.5, 0.6) is 0 Å². The number of furan rings is 1. The highest BCUT2D eigenvalue weighted by molar-refractivity contribution is 6.06. The summed E-state index contributed by atoms with van der Waals surface area (Å²) >= 11 is 0. The largest absolute Gasteiger partial charge is 0.434 e. The van der Waals surface area contributed by atoms with Gasteiger partial charge in [0.05, 0.1) is 16.8 Å². The van der Waals surface area contributed by atoms with Gasteiger partial charge in [0.2, 0.25) is 5.71 Å². The molecule has 0 unspecified atom stereocenters. The van der Waals surface area contributed by atoms with Gasteiger partial charge in [-0.3, -0.25) is 0 Å². The number of rotatable bonds is 7.